The molecule has 1 N–H and O–H groups in total. The Bertz CT molecular complexity index is 147. The van der Waals surface area contributed by atoms with Crippen LogP contribution in [0.1, 0.15) is 6.92 Å². The van der Waals surface area contributed by atoms with E-state index in [2.05, 4.69) is 6.58 Å². The second kappa shape index (κ2) is 7.34. The van der Waals surface area contributed by atoms with Crippen molar-refractivity contribution < 1.29 is 14.6 Å². The van der Waals surface area contributed by atoms with Crippen LogP contribution in [0.4, 0.5) is 0 Å². The van der Waals surface area contributed by atoms with Gasteiger partial charge in [-0.1, -0.05) is 17.8 Å². The van der Waals surface area contributed by atoms with Crippen molar-refractivity contribution in [1.82, 2.24) is 0 Å². The summed E-state index contributed by atoms with van der Waals surface area (Å²) in [6.07, 6.45) is 1.05. The molecule has 0 heterocycles. The Kier molecular flexibility index (Phi) is 7.14. The minimum absolute atomic E-state index is 0.0118. The third-order valence-electron chi connectivity index (χ3n) is 1.02. The van der Waals surface area contributed by atoms with Gasteiger partial charge in [0.05, 0.1) is 19.3 Å². The number of aliphatic hydroxyl groups excluding tert-OH is 1. The summed E-state index contributed by atoms with van der Waals surface area (Å²) in [6, 6.07) is 0. The third-order valence-corrected chi connectivity index (χ3v) is 1.98. The molecular formula is C8H14O3S. The molecular weight excluding hydrogens is 176 g/mol. The SMILES string of the molecule is C=CCOCC(O)CSC(C)=O. The van der Waals surface area contributed by atoms with Gasteiger partial charge in [0.15, 0.2) is 5.12 Å². The molecule has 0 amide bonds. The van der Waals surface area contributed by atoms with Crippen molar-refractivity contribution >= 4 is 16.9 Å². The summed E-state index contributed by atoms with van der Waals surface area (Å²) in [5.74, 6) is 0.395. The summed E-state index contributed by atoms with van der Waals surface area (Å²) in [5.41, 5.74) is 0. The zero-order chi connectivity index (χ0) is 9.40. The number of hydrogen-bond donors (Lipinski definition) is 1. The number of aliphatic hydroxyl groups is 1. The van der Waals surface area contributed by atoms with Gasteiger partial charge in [-0.25, -0.2) is 0 Å². The van der Waals surface area contributed by atoms with E-state index >= 15 is 0 Å². The molecule has 0 aliphatic heterocycles. The maximum atomic E-state index is 10.5. The summed E-state index contributed by atoms with van der Waals surface area (Å²) in [6.45, 7) is 5.63. The Hall–Kier alpha value is -0.320. The standard InChI is InChI=1S/C8H14O3S/c1-3-4-11-5-8(10)6-12-7(2)9/h3,8,10H,1,4-6H2,2H3. The van der Waals surface area contributed by atoms with Crippen molar-refractivity contribution in [3.63, 3.8) is 0 Å². The quantitative estimate of drug-likeness (QED) is 0.498. The molecule has 0 fully saturated rings. The van der Waals surface area contributed by atoms with Crippen LogP contribution in [0.2, 0.25) is 0 Å². The molecule has 0 bridgehead atoms. The number of thioether (sulfide) groups is 1. The van der Waals surface area contributed by atoms with E-state index in [0.29, 0.717) is 12.4 Å². The smallest absolute Gasteiger partial charge is 0.185 e. The second-order valence-electron chi connectivity index (χ2n) is 2.28. The van der Waals surface area contributed by atoms with E-state index in [-0.39, 0.29) is 11.7 Å². The van der Waals surface area contributed by atoms with E-state index < -0.39 is 6.10 Å². The van der Waals surface area contributed by atoms with Crippen molar-refractivity contribution in [2.75, 3.05) is 19.0 Å². The number of ether oxygens (including phenoxy) is 1. The molecule has 0 spiro atoms. The second-order valence-corrected chi connectivity index (χ2v) is 3.48. The summed E-state index contributed by atoms with van der Waals surface area (Å²) in [4.78, 5) is 10.5. The molecule has 1 unspecified atom stereocenters. The van der Waals surface area contributed by atoms with E-state index in [1.54, 1.807) is 6.08 Å². The Labute approximate surface area is 76.8 Å². The first-order valence-electron chi connectivity index (χ1n) is 3.67. The maximum absolute atomic E-state index is 10.5. The summed E-state index contributed by atoms with van der Waals surface area (Å²) < 4.78 is 4.98. The monoisotopic (exact) mass is 190 g/mol. The fourth-order valence-corrected chi connectivity index (χ4v) is 1.07. The lowest BCUT2D eigenvalue weighted by molar-refractivity contribution is -0.109. The van der Waals surface area contributed by atoms with E-state index in [4.69, 9.17) is 4.74 Å². The molecule has 1 atom stereocenters. The van der Waals surface area contributed by atoms with Crippen LogP contribution in [0.25, 0.3) is 0 Å². The van der Waals surface area contributed by atoms with Crippen molar-refractivity contribution in [3.8, 4) is 0 Å². The maximum Gasteiger partial charge on any atom is 0.185 e. The molecule has 0 aromatic carbocycles. The van der Waals surface area contributed by atoms with Crippen LogP contribution in [0.5, 0.6) is 0 Å². The van der Waals surface area contributed by atoms with Gasteiger partial charge in [-0.2, -0.15) is 0 Å². The van der Waals surface area contributed by atoms with Crippen LogP contribution < -0.4 is 0 Å². The number of hydrogen-bond acceptors (Lipinski definition) is 4. The number of rotatable bonds is 6. The molecule has 12 heavy (non-hydrogen) atoms. The van der Waals surface area contributed by atoms with Crippen LogP contribution >= 0.6 is 11.8 Å². The minimum Gasteiger partial charge on any atom is -0.390 e. The van der Waals surface area contributed by atoms with Gasteiger partial charge in [0.1, 0.15) is 0 Å². The van der Waals surface area contributed by atoms with Crippen molar-refractivity contribution in [2.24, 2.45) is 0 Å². The highest BCUT2D eigenvalue weighted by molar-refractivity contribution is 8.13. The van der Waals surface area contributed by atoms with Crippen LogP contribution in [-0.2, 0) is 9.53 Å². The normalized spacial score (nSPS) is 12.5. The molecule has 0 aromatic heterocycles. The van der Waals surface area contributed by atoms with Crippen molar-refractivity contribution in [3.05, 3.63) is 12.7 Å². The van der Waals surface area contributed by atoms with Gasteiger partial charge in [0, 0.05) is 12.7 Å². The topological polar surface area (TPSA) is 46.5 Å². The molecule has 0 saturated heterocycles. The highest BCUT2D eigenvalue weighted by Crippen LogP contribution is 2.03. The fourth-order valence-electron chi connectivity index (χ4n) is 0.549. The van der Waals surface area contributed by atoms with E-state index in [0.717, 1.165) is 11.8 Å². The van der Waals surface area contributed by atoms with Crippen LogP contribution in [0.15, 0.2) is 12.7 Å². The molecule has 0 aromatic rings. The predicted octanol–water partition coefficient (Wildman–Crippen LogP) is 0.830. The molecule has 0 saturated carbocycles. The zero-order valence-electron chi connectivity index (χ0n) is 7.16. The first-order chi connectivity index (χ1) is 5.66. The van der Waals surface area contributed by atoms with Crippen molar-refractivity contribution in [2.45, 2.75) is 13.0 Å². The van der Waals surface area contributed by atoms with Gasteiger partial charge in [0.2, 0.25) is 0 Å². The predicted molar refractivity (Wildman–Crippen MR) is 50.2 cm³/mol. The minimum atomic E-state index is -0.571. The van der Waals surface area contributed by atoms with Gasteiger partial charge >= 0.3 is 0 Å². The summed E-state index contributed by atoms with van der Waals surface area (Å²) in [5, 5.41) is 9.20. The fraction of sp³-hybridized carbons (Fsp3) is 0.625. The Morgan fingerprint density at radius 2 is 2.50 bits per heavy atom. The zero-order valence-corrected chi connectivity index (χ0v) is 7.97. The first-order valence-corrected chi connectivity index (χ1v) is 4.65. The first kappa shape index (κ1) is 11.7. The average Bonchev–Trinajstić information content (AvgIpc) is 2.01. The van der Waals surface area contributed by atoms with Gasteiger partial charge < -0.3 is 9.84 Å². The molecule has 70 valence electrons. The molecule has 0 aliphatic carbocycles. The Morgan fingerprint density at radius 3 is 3.00 bits per heavy atom. The van der Waals surface area contributed by atoms with Crippen LogP contribution in [0.3, 0.4) is 0 Å². The third kappa shape index (κ3) is 7.78. The largest absolute Gasteiger partial charge is 0.390 e. The highest BCUT2D eigenvalue weighted by atomic mass is 32.2. The Morgan fingerprint density at radius 1 is 1.83 bits per heavy atom. The van der Waals surface area contributed by atoms with Crippen molar-refractivity contribution in [1.29, 1.82) is 0 Å². The van der Waals surface area contributed by atoms with Crippen LogP contribution in [0, 0.1) is 0 Å². The summed E-state index contributed by atoms with van der Waals surface area (Å²) in [7, 11) is 0. The van der Waals surface area contributed by atoms with Gasteiger partial charge in [-0.3, -0.25) is 4.79 Å². The van der Waals surface area contributed by atoms with Gasteiger partial charge in [-0.05, 0) is 0 Å². The molecule has 3 nitrogen and oxygen atoms in total. The highest BCUT2D eigenvalue weighted by Gasteiger charge is 2.05. The summed E-state index contributed by atoms with van der Waals surface area (Å²) >= 11 is 1.10. The van der Waals surface area contributed by atoms with E-state index in [1.165, 1.54) is 6.92 Å². The number of carbonyl (C=O) groups excluding carboxylic acids is 1. The molecule has 0 rings (SSSR count). The van der Waals surface area contributed by atoms with E-state index in [1.807, 2.05) is 0 Å². The van der Waals surface area contributed by atoms with Gasteiger partial charge in [-0.15, -0.1) is 6.58 Å². The number of carbonyl (C=O) groups is 1. The molecule has 4 heteroatoms. The molecule has 0 aliphatic rings. The van der Waals surface area contributed by atoms with E-state index in [9.17, 15) is 9.90 Å². The average molecular weight is 190 g/mol. The lowest BCUT2D eigenvalue weighted by Gasteiger charge is -2.07. The molecule has 0 radical (unpaired) electrons. The lowest BCUT2D eigenvalue weighted by Crippen LogP contribution is -2.18. The lowest BCUT2D eigenvalue weighted by atomic mass is 10.4. The van der Waals surface area contributed by atoms with Gasteiger partial charge in [0.25, 0.3) is 0 Å². The Balaban J connectivity index is 3.26. The van der Waals surface area contributed by atoms with Crippen LogP contribution in [-0.4, -0.2) is 35.3 Å².